The number of hydrogen-bond donors (Lipinski definition) is 2. The molecule has 0 aliphatic carbocycles. The highest BCUT2D eigenvalue weighted by Crippen LogP contribution is 2.19. The Bertz CT molecular complexity index is 313. The molecule has 1 saturated heterocycles. The molecule has 1 aliphatic rings. The van der Waals surface area contributed by atoms with E-state index in [0.29, 0.717) is 6.04 Å². The van der Waals surface area contributed by atoms with E-state index in [0.717, 1.165) is 31.7 Å². The lowest BCUT2D eigenvalue weighted by Crippen LogP contribution is -2.30. The monoisotopic (exact) mass is 224 g/mol. The third-order valence-electron chi connectivity index (χ3n) is 2.42. The van der Waals surface area contributed by atoms with Crippen LogP contribution in [0.15, 0.2) is 29.2 Å². The Morgan fingerprint density at radius 3 is 2.87 bits per heavy atom. The van der Waals surface area contributed by atoms with E-state index >= 15 is 0 Å². The minimum absolute atomic E-state index is 0.560. The van der Waals surface area contributed by atoms with Crippen LogP contribution in [0.2, 0.25) is 0 Å². The zero-order chi connectivity index (χ0) is 10.5. The lowest BCUT2D eigenvalue weighted by molar-refractivity contribution is 0.0838. The van der Waals surface area contributed by atoms with Crippen molar-refractivity contribution in [2.24, 2.45) is 0 Å². The minimum Gasteiger partial charge on any atom is -0.399 e. The van der Waals surface area contributed by atoms with Gasteiger partial charge < -0.3 is 10.5 Å². The number of nitrogen functional groups attached to an aromatic ring is 1. The van der Waals surface area contributed by atoms with Gasteiger partial charge in [0.1, 0.15) is 0 Å². The smallest absolute Gasteiger partial charge is 0.0481 e. The zero-order valence-corrected chi connectivity index (χ0v) is 9.43. The molecule has 3 nitrogen and oxygen atoms in total. The third-order valence-corrected chi connectivity index (χ3v) is 3.36. The second-order valence-electron chi connectivity index (χ2n) is 3.68. The SMILES string of the molecule is Nc1cccc(SNC2CCOCC2)c1. The van der Waals surface area contributed by atoms with Crippen LogP contribution in [0.5, 0.6) is 0 Å². The Balaban J connectivity index is 1.81. The highest BCUT2D eigenvalue weighted by atomic mass is 32.2. The number of nitrogens with one attached hydrogen (secondary N) is 1. The van der Waals surface area contributed by atoms with Crippen LogP contribution >= 0.6 is 11.9 Å². The first kappa shape index (κ1) is 10.8. The summed E-state index contributed by atoms with van der Waals surface area (Å²) >= 11 is 1.66. The maximum atomic E-state index is 5.71. The summed E-state index contributed by atoms with van der Waals surface area (Å²) in [6.07, 6.45) is 2.19. The normalized spacial score (nSPS) is 17.9. The largest absolute Gasteiger partial charge is 0.399 e. The van der Waals surface area contributed by atoms with Crippen LogP contribution in [0.1, 0.15) is 12.8 Å². The molecule has 1 aromatic rings. The van der Waals surface area contributed by atoms with E-state index in [-0.39, 0.29) is 0 Å². The number of benzene rings is 1. The molecule has 0 amide bonds. The van der Waals surface area contributed by atoms with Crippen LogP contribution in [-0.2, 0) is 4.74 Å². The number of hydrogen-bond acceptors (Lipinski definition) is 4. The van der Waals surface area contributed by atoms with Crippen LogP contribution in [0.4, 0.5) is 5.69 Å². The average molecular weight is 224 g/mol. The quantitative estimate of drug-likeness (QED) is 0.609. The number of nitrogens with two attached hydrogens (primary N) is 1. The van der Waals surface area contributed by atoms with Gasteiger partial charge in [0.15, 0.2) is 0 Å². The van der Waals surface area contributed by atoms with Crippen LogP contribution in [-0.4, -0.2) is 19.3 Å². The van der Waals surface area contributed by atoms with Gasteiger partial charge in [-0.05, 0) is 43.0 Å². The maximum Gasteiger partial charge on any atom is 0.0481 e. The van der Waals surface area contributed by atoms with Gasteiger partial charge in [0.25, 0.3) is 0 Å². The predicted octanol–water partition coefficient (Wildman–Crippen LogP) is 2.04. The third kappa shape index (κ3) is 3.41. The molecule has 0 aromatic heterocycles. The van der Waals surface area contributed by atoms with E-state index in [1.54, 1.807) is 11.9 Å². The molecule has 0 radical (unpaired) electrons. The second-order valence-corrected chi connectivity index (χ2v) is 4.59. The fraction of sp³-hybridized carbons (Fsp3) is 0.455. The van der Waals surface area contributed by atoms with Gasteiger partial charge in [0.2, 0.25) is 0 Å². The van der Waals surface area contributed by atoms with Gasteiger partial charge in [0.05, 0.1) is 0 Å². The molecule has 0 saturated carbocycles. The van der Waals surface area contributed by atoms with Gasteiger partial charge in [-0.1, -0.05) is 6.07 Å². The van der Waals surface area contributed by atoms with E-state index in [1.165, 1.54) is 4.90 Å². The van der Waals surface area contributed by atoms with Crippen molar-refractivity contribution in [1.82, 2.24) is 4.72 Å². The average Bonchev–Trinajstić information content (AvgIpc) is 2.28. The van der Waals surface area contributed by atoms with Crippen LogP contribution in [0.25, 0.3) is 0 Å². The highest BCUT2D eigenvalue weighted by Gasteiger charge is 2.12. The second kappa shape index (κ2) is 5.39. The van der Waals surface area contributed by atoms with Gasteiger partial charge in [0, 0.05) is 29.8 Å². The van der Waals surface area contributed by atoms with Crippen molar-refractivity contribution in [3.63, 3.8) is 0 Å². The molecule has 1 heterocycles. The first-order valence-electron chi connectivity index (χ1n) is 5.20. The summed E-state index contributed by atoms with van der Waals surface area (Å²) in [6.45, 7) is 1.74. The lowest BCUT2D eigenvalue weighted by atomic mass is 10.1. The first-order valence-corrected chi connectivity index (χ1v) is 6.02. The van der Waals surface area contributed by atoms with Crippen molar-refractivity contribution in [1.29, 1.82) is 0 Å². The fourth-order valence-electron chi connectivity index (χ4n) is 1.54. The fourth-order valence-corrected chi connectivity index (χ4v) is 2.42. The molecule has 1 aliphatic heterocycles. The van der Waals surface area contributed by atoms with Crippen molar-refractivity contribution >= 4 is 17.6 Å². The summed E-state index contributed by atoms with van der Waals surface area (Å²) in [6, 6.07) is 8.48. The molecule has 15 heavy (non-hydrogen) atoms. The minimum atomic E-state index is 0.560. The van der Waals surface area contributed by atoms with Gasteiger partial charge in [-0.2, -0.15) is 0 Å². The summed E-state index contributed by atoms with van der Waals surface area (Å²) in [5.74, 6) is 0. The molecule has 2 rings (SSSR count). The van der Waals surface area contributed by atoms with Crippen molar-refractivity contribution in [3.8, 4) is 0 Å². The van der Waals surface area contributed by atoms with Crippen molar-refractivity contribution in [3.05, 3.63) is 24.3 Å². The number of ether oxygens (including phenoxy) is 1. The Morgan fingerprint density at radius 2 is 2.13 bits per heavy atom. The Kier molecular flexibility index (Phi) is 3.88. The topological polar surface area (TPSA) is 47.3 Å². The summed E-state index contributed by atoms with van der Waals surface area (Å²) in [7, 11) is 0. The van der Waals surface area contributed by atoms with E-state index in [2.05, 4.69) is 10.8 Å². The standard InChI is InChI=1S/C11H16N2OS/c12-9-2-1-3-11(8-9)15-13-10-4-6-14-7-5-10/h1-3,8,10,13H,4-7,12H2. The van der Waals surface area contributed by atoms with Gasteiger partial charge in [-0.15, -0.1) is 0 Å². The van der Waals surface area contributed by atoms with Gasteiger partial charge >= 0.3 is 0 Å². The molecule has 0 atom stereocenters. The summed E-state index contributed by atoms with van der Waals surface area (Å²) in [5.41, 5.74) is 6.52. The van der Waals surface area contributed by atoms with E-state index in [9.17, 15) is 0 Å². The lowest BCUT2D eigenvalue weighted by Gasteiger charge is -2.22. The van der Waals surface area contributed by atoms with Crippen molar-refractivity contribution in [2.45, 2.75) is 23.8 Å². The van der Waals surface area contributed by atoms with Crippen LogP contribution in [0, 0.1) is 0 Å². The molecule has 1 aromatic carbocycles. The van der Waals surface area contributed by atoms with Crippen molar-refractivity contribution < 1.29 is 4.74 Å². The molecule has 0 bridgehead atoms. The predicted molar refractivity (Wildman–Crippen MR) is 63.7 cm³/mol. The molecule has 0 spiro atoms. The molecule has 4 heteroatoms. The van der Waals surface area contributed by atoms with Crippen LogP contribution in [0.3, 0.4) is 0 Å². The number of anilines is 1. The van der Waals surface area contributed by atoms with Gasteiger partial charge in [-0.25, -0.2) is 0 Å². The molecule has 0 unspecified atom stereocenters. The zero-order valence-electron chi connectivity index (χ0n) is 8.61. The van der Waals surface area contributed by atoms with E-state index in [4.69, 9.17) is 10.5 Å². The molecule has 82 valence electrons. The highest BCUT2D eigenvalue weighted by molar-refractivity contribution is 7.97. The van der Waals surface area contributed by atoms with Crippen molar-refractivity contribution in [2.75, 3.05) is 18.9 Å². The van der Waals surface area contributed by atoms with Gasteiger partial charge in [-0.3, -0.25) is 4.72 Å². The molecule has 1 fully saturated rings. The first-order chi connectivity index (χ1) is 7.34. The molecule has 3 N–H and O–H groups in total. The van der Waals surface area contributed by atoms with Crippen LogP contribution < -0.4 is 10.5 Å². The Morgan fingerprint density at radius 1 is 1.33 bits per heavy atom. The maximum absolute atomic E-state index is 5.71. The number of rotatable bonds is 3. The Labute approximate surface area is 94.5 Å². The molecular weight excluding hydrogens is 208 g/mol. The Hall–Kier alpha value is -0.710. The van der Waals surface area contributed by atoms with E-state index in [1.807, 2.05) is 18.2 Å². The summed E-state index contributed by atoms with van der Waals surface area (Å²) < 4.78 is 8.75. The van der Waals surface area contributed by atoms with E-state index < -0.39 is 0 Å². The summed E-state index contributed by atoms with van der Waals surface area (Å²) in [5, 5.41) is 0. The summed E-state index contributed by atoms with van der Waals surface area (Å²) in [4.78, 5) is 1.17. The molecular formula is C11H16N2OS.